The van der Waals surface area contributed by atoms with Crippen molar-refractivity contribution in [3.8, 4) is 5.75 Å². The van der Waals surface area contributed by atoms with E-state index in [2.05, 4.69) is 29.2 Å². The van der Waals surface area contributed by atoms with Gasteiger partial charge in [0.05, 0.1) is 0 Å². The third kappa shape index (κ3) is 3.58. The first-order valence-corrected chi connectivity index (χ1v) is 9.16. The van der Waals surface area contributed by atoms with Crippen LogP contribution in [0.5, 0.6) is 5.75 Å². The van der Waals surface area contributed by atoms with Crippen LogP contribution in [-0.4, -0.2) is 48.0 Å². The lowest BCUT2D eigenvalue weighted by atomic mass is 9.98. The minimum Gasteiger partial charge on any atom is -0.481 e. The summed E-state index contributed by atoms with van der Waals surface area (Å²) < 4.78 is 18.9. The number of benzene rings is 2. The van der Waals surface area contributed by atoms with Crippen LogP contribution in [0.2, 0.25) is 0 Å². The smallest absolute Gasteiger partial charge is 0.260 e. The van der Waals surface area contributed by atoms with Gasteiger partial charge in [0.15, 0.2) is 18.2 Å². The van der Waals surface area contributed by atoms with Crippen LogP contribution in [0, 0.1) is 5.82 Å². The van der Waals surface area contributed by atoms with Crippen LogP contribution in [0.4, 0.5) is 4.39 Å². The Morgan fingerprint density at radius 1 is 1.08 bits per heavy atom. The van der Waals surface area contributed by atoms with Gasteiger partial charge in [-0.2, -0.15) is 0 Å². The van der Waals surface area contributed by atoms with Gasteiger partial charge in [-0.1, -0.05) is 36.4 Å². The zero-order valence-corrected chi connectivity index (χ0v) is 14.7. The predicted octanol–water partition coefficient (Wildman–Crippen LogP) is 2.86. The molecule has 26 heavy (non-hydrogen) atoms. The van der Waals surface area contributed by atoms with E-state index in [0.717, 1.165) is 39.0 Å². The van der Waals surface area contributed by atoms with Gasteiger partial charge in [0.25, 0.3) is 5.91 Å². The number of ether oxygens (including phenoxy) is 1. The highest BCUT2D eigenvalue weighted by molar-refractivity contribution is 5.78. The van der Waals surface area contributed by atoms with Crippen molar-refractivity contribution in [3.05, 3.63) is 65.5 Å². The van der Waals surface area contributed by atoms with Gasteiger partial charge >= 0.3 is 0 Å². The number of amides is 1. The predicted molar refractivity (Wildman–Crippen MR) is 97.4 cm³/mol. The van der Waals surface area contributed by atoms with Crippen LogP contribution in [-0.2, 0) is 17.8 Å². The molecule has 2 heterocycles. The van der Waals surface area contributed by atoms with Gasteiger partial charge in [0, 0.05) is 32.2 Å². The van der Waals surface area contributed by atoms with E-state index >= 15 is 0 Å². The average molecular weight is 354 g/mol. The Kier molecular flexibility index (Phi) is 4.89. The first kappa shape index (κ1) is 17.0. The number of fused-ring (bicyclic) bond motifs is 1. The number of hydrogen-bond acceptors (Lipinski definition) is 3. The molecular formula is C21H23FN2O2. The van der Waals surface area contributed by atoms with Crippen molar-refractivity contribution in [1.82, 2.24) is 9.80 Å². The number of hydrogen-bond donors (Lipinski definition) is 0. The van der Waals surface area contributed by atoms with E-state index in [0.29, 0.717) is 6.04 Å². The van der Waals surface area contributed by atoms with Crippen molar-refractivity contribution in [2.45, 2.75) is 25.4 Å². The summed E-state index contributed by atoms with van der Waals surface area (Å²) >= 11 is 0. The zero-order chi connectivity index (χ0) is 17.9. The van der Waals surface area contributed by atoms with E-state index in [4.69, 9.17) is 4.74 Å². The summed E-state index contributed by atoms with van der Waals surface area (Å²) in [7, 11) is 0. The monoisotopic (exact) mass is 354 g/mol. The van der Waals surface area contributed by atoms with E-state index < -0.39 is 5.82 Å². The van der Waals surface area contributed by atoms with Crippen molar-refractivity contribution in [3.63, 3.8) is 0 Å². The van der Waals surface area contributed by atoms with Crippen LogP contribution in [0.15, 0.2) is 48.5 Å². The Morgan fingerprint density at radius 2 is 1.85 bits per heavy atom. The zero-order valence-electron chi connectivity index (χ0n) is 14.7. The number of halogens is 1. The van der Waals surface area contributed by atoms with Crippen molar-refractivity contribution in [2.24, 2.45) is 0 Å². The lowest BCUT2D eigenvalue weighted by molar-refractivity contribution is -0.132. The molecule has 1 amide bonds. The molecule has 2 aliphatic rings. The molecule has 0 aromatic heterocycles. The lowest BCUT2D eigenvalue weighted by Crippen LogP contribution is -2.42. The van der Waals surface area contributed by atoms with Gasteiger partial charge < -0.3 is 9.64 Å². The highest BCUT2D eigenvalue weighted by atomic mass is 19.1. The van der Waals surface area contributed by atoms with Crippen LogP contribution < -0.4 is 4.74 Å². The second-order valence-electron chi connectivity index (χ2n) is 6.99. The fourth-order valence-electron chi connectivity index (χ4n) is 3.89. The quantitative estimate of drug-likeness (QED) is 0.846. The SMILES string of the molecule is O=C(COc1ccccc1F)N1CCC(N2CCc3ccccc3C2)C1. The topological polar surface area (TPSA) is 32.8 Å². The Balaban J connectivity index is 1.31. The van der Waals surface area contributed by atoms with Crippen molar-refractivity contribution in [2.75, 3.05) is 26.2 Å². The molecule has 4 rings (SSSR count). The molecule has 4 nitrogen and oxygen atoms in total. The van der Waals surface area contributed by atoms with E-state index in [9.17, 15) is 9.18 Å². The number of carbonyl (C=O) groups excluding carboxylic acids is 1. The molecule has 0 saturated carbocycles. The fraction of sp³-hybridized carbons (Fsp3) is 0.381. The number of carbonyl (C=O) groups is 1. The molecule has 1 fully saturated rings. The van der Waals surface area contributed by atoms with Gasteiger partial charge in [-0.15, -0.1) is 0 Å². The molecule has 1 atom stereocenters. The summed E-state index contributed by atoms with van der Waals surface area (Å²) in [4.78, 5) is 16.7. The minimum absolute atomic E-state index is 0.0758. The van der Waals surface area contributed by atoms with Crippen molar-refractivity contribution in [1.29, 1.82) is 0 Å². The maximum absolute atomic E-state index is 13.6. The number of rotatable bonds is 4. The first-order valence-electron chi connectivity index (χ1n) is 9.16. The highest BCUT2D eigenvalue weighted by Crippen LogP contribution is 2.24. The molecule has 2 aliphatic heterocycles. The summed E-state index contributed by atoms with van der Waals surface area (Å²) in [6.07, 6.45) is 2.05. The molecular weight excluding hydrogens is 331 g/mol. The molecule has 5 heteroatoms. The Labute approximate surface area is 153 Å². The molecule has 136 valence electrons. The van der Waals surface area contributed by atoms with Gasteiger partial charge in [-0.25, -0.2) is 4.39 Å². The minimum atomic E-state index is -0.438. The maximum atomic E-state index is 13.6. The molecule has 2 aromatic rings. The molecule has 1 unspecified atom stereocenters. The second kappa shape index (κ2) is 7.46. The van der Waals surface area contributed by atoms with Crippen LogP contribution in [0.1, 0.15) is 17.5 Å². The molecule has 1 saturated heterocycles. The number of likely N-dealkylation sites (tertiary alicyclic amines) is 1. The van der Waals surface area contributed by atoms with Gasteiger partial charge in [0.2, 0.25) is 0 Å². The summed E-state index contributed by atoms with van der Waals surface area (Å²) in [6, 6.07) is 15.2. The number of para-hydroxylation sites is 1. The second-order valence-corrected chi connectivity index (χ2v) is 6.99. The largest absolute Gasteiger partial charge is 0.481 e. The Hall–Kier alpha value is -2.40. The van der Waals surface area contributed by atoms with Gasteiger partial charge in [0.1, 0.15) is 0 Å². The first-order chi connectivity index (χ1) is 12.7. The Morgan fingerprint density at radius 3 is 2.69 bits per heavy atom. The van der Waals surface area contributed by atoms with Crippen LogP contribution >= 0.6 is 0 Å². The molecule has 2 aromatic carbocycles. The summed E-state index contributed by atoms with van der Waals surface area (Å²) in [5, 5.41) is 0. The molecule has 0 N–H and O–H groups in total. The third-order valence-electron chi connectivity index (χ3n) is 5.38. The fourth-order valence-corrected chi connectivity index (χ4v) is 3.89. The van der Waals surface area contributed by atoms with E-state index in [1.165, 1.54) is 17.2 Å². The standard InChI is InChI=1S/C21H23FN2O2/c22-19-7-3-4-8-20(19)26-15-21(25)24-12-10-18(14-24)23-11-9-16-5-1-2-6-17(16)13-23/h1-8,18H,9-15H2. The maximum Gasteiger partial charge on any atom is 0.260 e. The van der Waals surface area contributed by atoms with Crippen LogP contribution in [0.3, 0.4) is 0 Å². The molecule has 0 spiro atoms. The normalized spacial score (nSPS) is 20.0. The molecule has 0 bridgehead atoms. The van der Waals surface area contributed by atoms with E-state index in [-0.39, 0.29) is 18.3 Å². The number of nitrogens with zero attached hydrogens (tertiary/aromatic N) is 2. The van der Waals surface area contributed by atoms with E-state index in [1.54, 1.807) is 18.2 Å². The Bertz CT molecular complexity index is 795. The van der Waals surface area contributed by atoms with E-state index in [1.807, 2.05) is 4.90 Å². The summed E-state index contributed by atoms with van der Waals surface area (Å²) in [5.41, 5.74) is 2.83. The third-order valence-corrected chi connectivity index (χ3v) is 5.38. The molecule has 0 aliphatic carbocycles. The van der Waals surface area contributed by atoms with Crippen LogP contribution in [0.25, 0.3) is 0 Å². The lowest BCUT2D eigenvalue weighted by Gasteiger charge is -2.33. The van der Waals surface area contributed by atoms with Crippen molar-refractivity contribution < 1.29 is 13.9 Å². The van der Waals surface area contributed by atoms with Gasteiger partial charge in [-0.3, -0.25) is 9.69 Å². The molecule has 0 radical (unpaired) electrons. The summed E-state index contributed by atoms with van der Waals surface area (Å²) in [5.74, 6) is -0.385. The summed E-state index contributed by atoms with van der Waals surface area (Å²) in [6.45, 7) is 3.34. The average Bonchev–Trinajstić information content (AvgIpc) is 3.17. The van der Waals surface area contributed by atoms with Gasteiger partial charge in [-0.05, 0) is 36.1 Å². The highest BCUT2D eigenvalue weighted by Gasteiger charge is 2.32. The van der Waals surface area contributed by atoms with Crippen molar-refractivity contribution >= 4 is 5.91 Å².